The van der Waals surface area contributed by atoms with E-state index in [1.807, 2.05) is 44.2 Å². The number of ether oxygens (including phenoxy) is 2. The Kier molecular flexibility index (Phi) is 5.35. The molecule has 6 heteroatoms. The number of carbonyl (C=O) groups excluding carboxylic acids is 1. The molecule has 0 spiro atoms. The van der Waals surface area contributed by atoms with Crippen LogP contribution in [0, 0.1) is 13.8 Å². The molecular formula is C21H21N3O3. The number of nitrogens with one attached hydrogen (secondary N) is 1. The maximum atomic E-state index is 12.7. The number of anilines is 1. The van der Waals surface area contributed by atoms with Gasteiger partial charge in [0.1, 0.15) is 17.3 Å². The number of aromatic nitrogens is 2. The van der Waals surface area contributed by atoms with Crippen molar-refractivity contribution >= 4 is 11.6 Å². The topological polar surface area (TPSA) is 73.3 Å². The minimum Gasteiger partial charge on any atom is -0.496 e. The Labute approximate surface area is 158 Å². The zero-order chi connectivity index (χ0) is 19.4. The summed E-state index contributed by atoms with van der Waals surface area (Å²) in [5, 5.41) is 2.91. The van der Waals surface area contributed by atoms with Gasteiger partial charge in [0.2, 0.25) is 0 Å². The number of aryl methyl sites for hydroxylation is 1. The van der Waals surface area contributed by atoms with E-state index in [-0.39, 0.29) is 5.91 Å². The zero-order valence-electron chi connectivity index (χ0n) is 15.7. The molecule has 27 heavy (non-hydrogen) atoms. The van der Waals surface area contributed by atoms with Crippen LogP contribution in [-0.4, -0.2) is 30.1 Å². The predicted molar refractivity (Wildman–Crippen MR) is 104 cm³/mol. The van der Waals surface area contributed by atoms with Crippen LogP contribution < -0.4 is 14.8 Å². The lowest BCUT2D eigenvalue weighted by Gasteiger charge is -2.13. The second-order valence-corrected chi connectivity index (χ2v) is 6.03. The van der Waals surface area contributed by atoms with Gasteiger partial charge in [-0.15, -0.1) is 0 Å². The van der Waals surface area contributed by atoms with Crippen molar-refractivity contribution < 1.29 is 14.3 Å². The van der Waals surface area contributed by atoms with E-state index >= 15 is 0 Å². The molecule has 0 unspecified atom stereocenters. The molecule has 3 aromatic rings. The van der Waals surface area contributed by atoms with Gasteiger partial charge in [-0.1, -0.05) is 12.1 Å². The molecule has 0 radical (unpaired) electrons. The van der Waals surface area contributed by atoms with Crippen LogP contribution in [0.3, 0.4) is 0 Å². The fourth-order valence-corrected chi connectivity index (χ4v) is 2.79. The van der Waals surface area contributed by atoms with Gasteiger partial charge in [-0.05, 0) is 44.2 Å². The van der Waals surface area contributed by atoms with Gasteiger partial charge in [-0.25, -0.2) is 9.97 Å². The van der Waals surface area contributed by atoms with Gasteiger partial charge < -0.3 is 14.8 Å². The first-order chi connectivity index (χ1) is 13.0. The van der Waals surface area contributed by atoms with Crippen LogP contribution in [0.5, 0.6) is 11.5 Å². The smallest absolute Gasteiger partial charge is 0.255 e. The molecule has 1 heterocycles. The van der Waals surface area contributed by atoms with Crippen molar-refractivity contribution in [1.82, 2.24) is 9.97 Å². The van der Waals surface area contributed by atoms with Gasteiger partial charge in [0.15, 0.2) is 0 Å². The molecule has 0 aliphatic rings. The maximum absolute atomic E-state index is 12.7. The van der Waals surface area contributed by atoms with Crippen LogP contribution in [0.15, 0.2) is 48.7 Å². The fourth-order valence-electron chi connectivity index (χ4n) is 2.79. The molecule has 6 nitrogen and oxygen atoms in total. The van der Waals surface area contributed by atoms with Crippen molar-refractivity contribution in [3.8, 4) is 22.8 Å². The number of benzene rings is 2. The Morgan fingerprint density at radius 2 is 1.70 bits per heavy atom. The fraction of sp³-hybridized carbons (Fsp3) is 0.190. The van der Waals surface area contributed by atoms with Gasteiger partial charge in [0, 0.05) is 28.6 Å². The van der Waals surface area contributed by atoms with E-state index in [2.05, 4.69) is 15.3 Å². The summed E-state index contributed by atoms with van der Waals surface area (Å²) in [6.45, 7) is 3.72. The molecule has 138 valence electrons. The summed E-state index contributed by atoms with van der Waals surface area (Å²) in [4.78, 5) is 21.2. The Bertz CT molecular complexity index is 961. The maximum Gasteiger partial charge on any atom is 0.255 e. The summed E-state index contributed by atoms with van der Waals surface area (Å²) in [5.74, 6) is 1.65. The van der Waals surface area contributed by atoms with E-state index in [4.69, 9.17) is 9.47 Å². The van der Waals surface area contributed by atoms with Crippen LogP contribution in [0.1, 0.15) is 21.7 Å². The molecule has 0 aliphatic heterocycles. The SMILES string of the molecule is COc1cc(C(=O)Nc2cccc(-c3ccnc(C)n3)c2)cc(OC)c1C. The van der Waals surface area contributed by atoms with Gasteiger partial charge in [0.25, 0.3) is 5.91 Å². The first kappa shape index (κ1) is 18.4. The summed E-state index contributed by atoms with van der Waals surface area (Å²) in [7, 11) is 3.13. The minimum absolute atomic E-state index is 0.248. The highest BCUT2D eigenvalue weighted by Gasteiger charge is 2.14. The van der Waals surface area contributed by atoms with Crippen LogP contribution in [0.2, 0.25) is 0 Å². The molecule has 3 rings (SSSR count). The number of hydrogen-bond acceptors (Lipinski definition) is 5. The lowest BCUT2D eigenvalue weighted by molar-refractivity contribution is 0.102. The second-order valence-electron chi connectivity index (χ2n) is 6.03. The second kappa shape index (κ2) is 7.86. The summed E-state index contributed by atoms with van der Waals surface area (Å²) < 4.78 is 10.7. The average molecular weight is 363 g/mol. The number of amides is 1. The molecule has 0 saturated carbocycles. The van der Waals surface area contributed by atoms with Crippen LogP contribution in [0.4, 0.5) is 5.69 Å². The van der Waals surface area contributed by atoms with E-state index < -0.39 is 0 Å². The van der Waals surface area contributed by atoms with Gasteiger partial charge in [0.05, 0.1) is 19.9 Å². The van der Waals surface area contributed by atoms with Crippen molar-refractivity contribution in [1.29, 1.82) is 0 Å². The highest BCUT2D eigenvalue weighted by Crippen LogP contribution is 2.30. The molecular weight excluding hydrogens is 342 g/mol. The third-order valence-electron chi connectivity index (χ3n) is 4.21. The molecule has 0 bridgehead atoms. The van der Waals surface area contributed by atoms with Crippen molar-refractivity contribution in [3.63, 3.8) is 0 Å². The number of hydrogen-bond donors (Lipinski definition) is 1. The summed E-state index contributed by atoms with van der Waals surface area (Å²) in [6, 6.07) is 12.8. The normalized spacial score (nSPS) is 10.4. The van der Waals surface area contributed by atoms with Crippen LogP contribution in [0.25, 0.3) is 11.3 Å². The molecule has 2 aromatic carbocycles. The summed E-state index contributed by atoms with van der Waals surface area (Å²) in [5.41, 5.74) is 3.68. The molecule has 0 saturated heterocycles. The van der Waals surface area contributed by atoms with E-state index in [1.54, 1.807) is 32.5 Å². The monoisotopic (exact) mass is 363 g/mol. The highest BCUT2D eigenvalue weighted by molar-refractivity contribution is 6.05. The van der Waals surface area contributed by atoms with E-state index in [0.29, 0.717) is 28.6 Å². The molecule has 1 aromatic heterocycles. The Morgan fingerprint density at radius 1 is 1.00 bits per heavy atom. The Morgan fingerprint density at radius 3 is 2.33 bits per heavy atom. The predicted octanol–water partition coefficient (Wildman–Crippen LogP) is 4.03. The van der Waals surface area contributed by atoms with E-state index in [1.165, 1.54) is 0 Å². The van der Waals surface area contributed by atoms with Gasteiger partial charge in [-0.3, -0.25) is 4.79 Å². The van der Waals surface area contributed by atoms with E-state index in [0.717, 1.165) is 16.8 Å². The zero-order valence-corrected chi connectivity index (χ0v) is 15.7. The highest BCUT2D eigenvalue weighted by atomic mass is 16.5. The van der Waals surface area contributed by atoms with Crippen molar-refractivity contribution in [2.24, 2.45) is 0 Å². The minimum atomic E-state index is -0.248. The first-order valence-corrected chi connectivity index (χ1v) is 8.46. The van der Waals surface area contributed by atoms with Crippen molar-refractivity contribution in [2.75, 3.05) is 19.5 Å². The lowest BCUT2D eigenvalue weighted by Crippen LogP contribution is -2.12. The molecule has 0 aliphatic carbocycles. The van der Waals surface area contributed by atoms with Crippen LogP contribution in [-0.2, 0) is 0 Å². The lowest BCUT2D eigenvalue weighted by atomic mass is 10.1. The summed E-state index contributed by atoms with van der Waals surface area (Å²) in [6.07, 6.45) is 1.72. The molecule has 0 atom stereocenters. The van der Waals surface area contributed by atoms with Crippen molar-refractivity contribution in [2.45, 2.75) is 13.8 Å². The first-order valence-electron chi connectivity index (χ1n) is 8.46. The van der Waals surface area contributed by atoms with Gasteiger partial charge >= 0.3 is 0 Å². The quantitative estimate of drug-likeness (QED) is 0.741. The average Bonchev–Trinajstić information content (AvgIpc) is 2.68. The third kappa shape index (κ3) is 4.06. The largest absolute Gasteiger partial charge is 0.496 e. The molecule has 0 fully saturated rings. The molecule has 1 amide bonds. The number of methoxy groups -OCH3 is 2. The Hall–Kier alpha value is -3.41. The third-order valence-corrected chi connectivity index (χ3v) is 4.21. The molecule has 1 N–H and O–H groups in total. The standard InChI is InChI=1S/C21H21N3O3/c1-13-19(26-3)11-16(12-20(13)27-4)21(25)24-17-7-5-6-15(10-17)18-8-9-22-14(2)23-18/h5-12H,1-4H3,(H,24,25). The van der Waals surface area contributed by atoms with E-state index in [9.17, 15) is 4.79 Å². The number of rotatable bonds is 5. The summed E-state index contributed by atoms with van der Waals surface area (Å²) >= 11 is 0. The van der Waals surface area contributed by atoms with Crippen molar-refractivity contribution in [3.05, 3.63) is 65.6 Å². The number of carbonyl (C=O) groups is 1. The Balaban J connectivity index is 1.88. The van der Waals surface area contributed by atoms with Crippen LogP contribution >= 0.6 is 0 Å². The number of nitrogens with zero attached hydrogens (tertiary/aromatic N) is 2. The van der Waals surface area contributed by atoms with Gasteiger partial charge in [-0.2, -0.15) is 0 Å².